The fourth-order valence-corrected chi connectivity index (χ4v) is 2.77. The largest absolute Gasteiger partial charge is 0.369 e. The standard InChI is InChI=1S/C15H27N5/c1-4-6-7-8-9-10-11-20-14-13(17-15(20)16)12(5-2)18-19(14)3/h4-11H2,1-3H3,(H2,16,17). The van der Waals surface area contributed by atoms with Gasteiger partial charge >= 0.3 is 0 Å². The fourth-order valence-electron chi connectivity index (χ4n) is 2.77. The third-order valence-electron chi connectivity index (χ3n) is 3.89. The van der Waals surface area contributed by atoms with E-state index in [4.69, 9.17) is 5.73 Å². The highest BCUT2D eigenvalue weighted by Crippen LogP contribution is 2.22. The van der Waals surface area contributed by atoms with Crippen molar-refractivity contribution in [2.24, 2.45) is 7.05 Å². The molecule has 0 radical (unpaired) electrons. The number of nitrogen functional groups attached to an aromatic ring is 1. The van der Waals surface area contributed by atoms with Gasteiger partial charge < -0.3 is 5.73 Å². The molecule has 5 nitrogen and oxygen atoms in total. The SMILES string of the molecule is CCCCCCCCn1c(N)nc2c(CC)nn(C)c21. The second-order valence-electron chi connectivity index (χ2n) is 5.49. The molecule has 0 bridgehead atoms. The number of imidazole rings is 1. The van der Waals surface area contributed by atoms with Gasteiger partial charge in [-0.1, -0.05) is 46.0 Å². The number of nitrogens with two attached hydrogens (primary N) is 1. The number of fused-ring (bicyclic) bond motifs is 1. The molecule has 2 N–H and O–H groups in total. The topological polar surface area (TPSA) is 61.7 Å². The van der Waals surface area contributed by atoms with Crippen LogP contribution in [-0.4, -0.2) is 19.3 Å². The van der Waals surface area contributed by atoms with E-state index in [0.717, 1.165) is 36.2 Å². The second-order valence-corrected chi connectivity index (χ2v) is 5.49. The molecule has 0 fully saturated rings. The minimum absolute atomic E-state index is 0.622. The van der Waals surface area contributed by atoms with E-state index in [1.807, 2.05) is 11.7 Å². The Labute approximate surface area is 121 Å². The summed E-state index contributed by atoms with van der Waals surface area (Å²) in [4.78, 5) is 4.49. The van der Waals surface area contributed by atoms with Gasteiger partial charge in [0.15, 0.2) is 5.65 Å². The van der Waals surface area contributed by atoms with Crippen LogP contribution in [0.3, 0.4) is 0 Å². The minimum atomic E-state index is 0.622. The van der Waals surface area contributed by atoms with Crippen molar-refractivity contribution in [3.05, 3.63) is 5.69 Å². The molecule has 0 amide bonds. The molecule has 0 atom stereocenters. The molecule has 0 unspecified atom stereocenters. The van der Waals surface area contributed by atoms with E-state index in [2.05, 4.69) is 28.5 Å². The molecule has 5 heteroatoms. The Morgan fingerprint density at radius 1 is 1.05 bits per heavy atom. The molecular formula is C15H27N5. The third kappa shape index (κ3) is 2.97. The summed E-state index contributed by atoms with van der Waals surface area (Å²) < 4.78 is 4.02. The Morgan fingerprint density at radius 3 is 2.45 bits per heavy atom. The van der Waals surface area contributed by atoms with Crippen LogP contribution in [0.1, 0.15) is 58.1 Å². The Hall–Kier alpha value is -1.52. The van der Waals surface area contributed by atoms with E-state index in [0.29, 0.717) is 5.95 Å². The molecule has 112 valence electrons. The summed E-state index contributed by atoms with van der Waals surface area (Å²) in [5.41, 5.74) is 9.13. The summed E-state index contributed by atoms with van der Waals surface area (Å²) >= 11 is 0. The number of anilines is 1. The number of unbranched alkanes of at least 4 members (excludes halogenated alkanes) is 5. The molecule has 20 heavy (non-hydrogen) atoms. The molecule has 0 saturated carbocycles. The van der Waals surface area contributed by atoms with Crippen LogP contribution >= 0.6 is 0 Å². The molecule has 2 aromatic rings. The van der Waals surface area contributed by atoms with E-state index < -0.39 is 0 Å². The van der Waals surface area contributed by atoms with Gasteiger partial charge in [-0.15, -0.1) is 0 Å². The molecule has 2 rings (SSSR count). The van der Waals surface area contributed by atoms with Gasteiger partial charge in [-0.25, -0.2) is 4.98 Å². The van der Waals surface area contributed by atoms with Crippen LogP contribution in [0.5, 0.6) is 0 Å². The first kappa shape index (κ1) is 14.9. The first-order valence-corrected chi connectivity index (χ1v) is 7.86. The lowest BCUT2D eigenvalue weighted by Crippen LogP contribution is -2.07. The highest BCUT2D eigenvalue weighted by molar-refractivity contribution is 5.77. The average molecular weight is 277 g/mol. The fraction of sp³-hybridized carbons (Fsp3) is 0.733. The zero-order chi connectivity index (χ0) is 14.5. The van der Waals surface area contributed by atoms with E-state index in [-0.39, 0.29) is 0 Å². The van der Waals surface area contributed by atoms with Crippen molar-refractivity contribution < 1.29 is 0 Å². The molecule has 0 aliphatic heterocycles. The van der Waals surface area contributed by atoms with Crippen molar-refractivity contribution in [1.29, 1.82) is 0 Å². The van der Waals surface area contributed by atoms with Crippen LogP contribution in [0.25, 0.3) is 11.2 Å². The zero-order valence-electron chi connectivity index (χ0n) is 13.0. The molecule has 0 aliphatic carbocycles. The predicted octanol–water partition coefficient (Wildman–Crippen LogP) is 3.27. The van der Waals surface area contributed by atoms with Crippen molar-refractivity contribution in [3.63, 3.8) is 0 Å². The van der Waals surface area contributed by atoms with Gasteiger partial charge in [0.25, 0.3) is 0 Å². The molecule has 0 aliphatic rings. The van der Waals surface area contributed by atoms with Crippen LogP contribution in [0.2, 0.25) is 0 Å². The highest BCUT2D eigenvalue weighted by Gasteiger charge is 2.16. The van der Waals surface area contributed by atoms with Crippen molar-refractivity contribution in [3.8, 4) is 0 Å². The highest BCUT2D eigenvalue weighted by atomic mass is 15.3. The number of aromatic nitrogens is 4. The van der Waals surface area contributed by atoms with Crippen molar-refractivity contribution in [2.45, 2.75) is 65.3 Å². The Bertz CT molecular complexity index is 552. The van der Waals surface area contributed by atoms with E-state index in [1.165, 1.54) is 32.1 Å². The first-order valence-electron chi connectivity index (χ1n) is 7.86. The Morgan fingerprint density at radius 2 is 1.75 bits per heavy atom. The number of rotatable bonds is 8. The number of hydrogen-bond acceptors (Lipinski definition) is 3. The number of nitrogens with zero attached hydrogens (tertiary/aromatic N) is 4. The summed E-state index contributed by atoms with van der Waals surface area (Å²) in [6, 6.07) is 0. The molecule has 0 aromatic carbocycles. The van der Waals surface area contributed by atoms with Crippen molar-refractivity contribution in [2.75, 3.05) is 5.73 Å². The zero-order valence-corrected chi connectivity index (χ0v) is 13.0. The van der Waals surface area contributed by atoms with Gasteiger partial charge in [0.2, 0.25) is 5.95 Å². The average Bonchev–Trinajstić information content (AvgIpc) is 2.91. The van der Waals surface area contributed by atoms with Crippen LogP contribution in [0.15, 0.2) is 0 Å². The lowest BCUT2D eigenvalue weighted by atomic mass is 10.1. The molecule has 2 aromatic heterocycles. The van der Waals surface area contributed by atoms with Gasteiger partial charge in [0.05, 0.1) is 5.69 Å². The van der Waals surface area contributed by atoms with E-state index >= 15 is 0 Å². The summed E-state index contributed by atoms with van der Waals surface area (Å²) in [7, 11) is 1.97. The Balaban J connectivity index is 2.02. The second kappa shape index (κ2) is 6.77. The maximum absolute atomic E-state index is 6.06. The Kier molecular flexibility index (Phi) is 5.04. The van der Waals surface area contributed by atoms with E-state index in [1.54, 1.807) is 0 Å². The summed E-state index contributed by atoms with van der Waals surface area (Å²) in [6.07, 6.45) is 8.62. The van der Waals surface area contributed by atoms with Crippen LogP contribution < -0.4 is 5.73 Å². The number of hydrogen-bond donors (Lipinski definition) is 1. The van der Waals surface area contributed by atoms with Crippen molar-refractivity contribution >= 4 is 17.1 Å². The molecule has 0 saturated heterocycles. The summed E-state index contributed by atoms with van der Waals surface area (Å²) in [5, 5.41) is 4.52. The first-order chi connectivity index (χ1) is 9.69. The predicted molar refractivity (Wildman–Crippen MR) is 83.7 cm³/mol. The maximum atomic E-state index is 6.06. The van der Waals surface area contributed by atoms with E-state index in [9.17, 15) is 0 Å². The molecule has 0 spiro atoms. The minimum Gasteiger partial charge on any atom is -0.369 e. The quantitative estimate of drug-likeness (QED) is 0.753. The summed E-state index contributed by atoms with van der Waals surface area (Å²) in [5.74, 6) is 0.622. The summed E-state index contributed by atoms with van der Waals surface area (Å²) in [6.45, 7) is 5.29. The molecule has 2 heterocycles. The molecular weight excluding hydrogens is 250 g/mol. The third-order valence-corrected chi connectivity index (χ3v) is 3.89. The normalized spacial score (nSPS) is 11.6. The lowest BCUT2D eigenvalue weighted by molar-refractivity contribution is 0.560. The van der Waals surface area contributed by atoms with Gasteiger partial charge in [0.1, 0.15) is 5.52 Å². The van der Waals surface area contributed by atoms with Crippen molar-refractivity contribution in [1.82, 2.24) is 19.3 Å². The number of aryl methyl sites for hydroxylation is 3. The van der Waals surface area contributed by atoms with Crippen LogP contribution in [-0.2, 0) is 20.0 Å². The van der Waals surface area contributed by atoms with Gasteiger partial charge in [-0.3, -0.25) is 9.25 Å². The van der Waals surface area contributed by atoms with Crippen LogP contribution in [0.4, 0.5) is 5.95 Å². The van der Waals surface area contributed by atoms with Crippen LogP contribution in [0, 0.1) is 0 Å². The van der Waals surface area contributed by atoms with Gasteiger partial charge in [0, 0.05) is 13.6 Å². The van der Waals surface area contributed by atoms with Gasteiger partial charge in [-0.05, 0) is 12.8 Å². The van der Waals surface area contributed by atoms with Gasteiger partial charge in [-0.2, -0.15) is 5.10 Å². The maximum Gasteiger partial charge on any atom is 0.202 e. The monoisotopic (exact) mass is 277 g/mol. The smallest absolute Gasteiger partial charge is 0.202 e. The lowest BCUT2D eigenvalue weighted by Gasteiger charge is -2.06.